The first-order chi connectivity index (χ1) is 19.8. The van der Waals surface area contributed by atoms with E-state index >= 15 is 0 Å². The lowest BCUT2D eigenvalue weighted by molar-refractivity contribution is -0.0856. The van der Waals surface area contributed by atoms with E-state index in [0.717, 1.165) is 56.3 Å². The molecule has 0 spiro atoms. The summed E-state index contributed by atoms with van der Waals surface area (Å²) in [7, 11) is 0. The number of carbonyl (C=O) groups excluding carboxylic acids is 1. The quantitative estimate of drug-likeness (QED) is 0.281. The van der Waals surface area contributed by atoms with E-state index in [1.54, 1.807) is 12.1 Å². The van der Waals surface area contributed by atoms with Crippen LogP contribution in [0.25, 0.3) is 0 Å². The molecule has 4 aliphatic rings. The van der Waals surface area contributed by atoms with Crippen LogP contribution in [-0.2, 0) is 19.4 Å². The fourth-order valence-electron chi connectivity index (χ4n) is 7.80. The second kappa shape index (κ2) is 11.4. The molecule has 1 aromatic heterocycles. The topological polar surface area (TPSA) is 73.9 Å². The predicted molar refractivity (Wildman–Crippen MR) is 161 cm³/mol. The van der Waals surface area contributed by atoms with E-state index in [0.29, 0.717) is 37.1 Å². The average molecular weight is 554 g/mol. The summed E-state index contributed by atoms with van der Waals surface area (Å²) in [5.41, 5.74) is 5.33. The van der Waals surface area contributed by atoms with E-state index in [2.05, 4.69) is 61.2 Å². The van der Waals surface area contributed by atoms with Crippen LogP contribution in [0, 0.1) is 5.41 Å². The molecule has 2 bridgehead atoms. The van der Waals surface area contributed by atoms with Gasteiger partial charge in [0.1, 0.15) is 0 Å². The van der Waals surface area contributed by atoms with Crippen molar-refractivity contribution in [3.63, 3.8) is 0 Å². The molecule has 5 heteroatoms. The van der Waals surface area contributed by atoms with Crippen molar-refractivity contribution in [2.75, 3.05) is 13.1 Å². The molecule has 4 unspecified atom stereocenters. The number of benzene rings is 2. The van der Waals surface area contributed by atoms with Gasteiger partial charge in [0, 0.05) is 30.6 Å². The van der Waals surface area contributed by atoms with Gasteiger partial charge >= 0.3 is 0 Å². The zero-order valence-electron chi connectivity index (χ0n) is 24.4. The van der Waals surface area contributed by atoms with E-state index < -0.39 is 17.1 Å². The molecule has 3 aliphatic carbocycles. The van der Waals surface area contributed by atoms with E-state index in [1.165, 1.54) is 23.0 Å². The van der Waals surface area contributed by atoms with Crippen molar-refractivity contribution in [2.24, 2.45) is 5.41 Å². The summed E-state index contributed by atoms with van der Waals surface area (Å²) in [4.78, 5) is 16.3. The zero-order chi connectivity index (χ0) is 28.6. The van der Waals surface area contributed by atoms with Crippen LogP contribution < -0.4 is 0 Å². The Hall–Kier alpha value is -2.99. The van der Waals surface area contributed by atoms with Crippen LogP contribution in [0.5, 0.6) is 0 Å². The van der Waals surface area contributed by atoms with Crippen LogP contribution >= 0.6 is 0 Å². The molecule has 3 aromatic rings. The second-order valence-corrected chi connectivity index (χ2v) is 13.0. The fourth-order valence-corrected chi connectivity index (χ4v) is 7.80. The molecule has 0 saturated heterocycles. The normalized spacial score (nSPS) is 28.9. The Balaban J connectivity index is 1.39. The second-order valence-electron chi connectivity index (χ2n) is 13.0. The Bertz CT molecular complexity index is 1430. The highest BCUT2D eigenvalue weighted by Gasteiger charge is 2.57. The Morgan fingerprint density at radius 3 is 2.68 bits per heavy atom. The van der Waals surface area contributed by atoms with Crippen molar-refractivity contribution in [1.82, 2.24) is 4.90 Å². The number of aliphatic hydroxyl groups is 2. The lowest BCUT2D eigenvalue weighted by Gasteiger charge is -2.47. The number of nitrogens with zero attached hydrogens (tertiary/aromatic N) is 1. The minimum atomic E-state index is -0.886. The number of allylic oxidation sites excluding steroid dienone is 2. The first kappa shape index (κ1) is 28.1. The summed E-state index contributed by atoms with van der Waals surface area (Å²) in [5.74, 6) is 0.217. The van der Waals surface area contributed by atoms with Crippen LogP contribution in [0.2, 0.25) is 0 Å². The van der Waals surface area contributed by atoms with E-state index in [1.807, 2.05) is 6.07 Å². The standard InChI is InChI=1S/C36H43NO4/c1-25-7-5-17-35(2)32(15-18-36(35,40)24-37-19-16-27-8-3-4-9-28(27)23-37)30-14-12-26(21-29(38)13-11-25)22-31(30)34(39)33-10-6-20-41-33/h3-4,6-10,12,14,20,22,29,32,38,40H,5,11,13,15-19,21,23-24H2,1-2H3. The number of β-amino-alcohol motifs (C(OH)–C–C–N with tert-alkyl or cyclic N) is 1. The van der Waals surface area contributed by atoms with Crippen molar-refractivity contribution >= 4 is 5.78 Å². The van der Waals surface area contributed by atoms with Crippen LogP contribution in [0.15, 0.2) is 76.9 Å². The van der Waals surface area contributed by atoms with Crippen LogP contribution in [0.4, 0.5) is 0 Å². The molecule has 1 saturated carbocycles. The number of fused-ring (bicyclic) bond motifs is 9. The van der Waals surface area contributed by atoms with Gasteiger partial charge in [-0.05, 0) is 105 Å². The van der Waals surface area contributed by atoms with Crippen molar-refractivity contribution in [3.8, 4) is 0 Å². The fraction of sp³-hybridized carbons (Fsp3) is 0.472. The molecule has 0 radical (unpaired) electrons. The number of furan rings is 1. The maximum atomic E-state index is 13.8. The number of rotatable bonds is 4. The summed E-state index contributed by atoms with van der Waals surface area (Å²) in [6.45, 7) is 6.84. The van der Waals surface area contributed by atoms with Crippen molar-refractivity contribution in [3.05, 3.63) is 106 Å². The lowest BCUT2D eigenvalue weighted by atomic mass is 9.64. The summed E-state index contributed by atoms with van der Waals surface area (Å²) in [6.07, 6.45) is 9.62. The van der Waals surface area contributed by atoms with E-state index in [4.69, 9.17) is 4.42 Å². The maximum Gasteiger partial charge on any atom is 0.228 e. The lowest BCUT2D eigenvalue weighted by Crippen LogP contribution is -2.53. The van der Waals surface area contributed by atoms with Gasteiger partial charge in [-0.1, -0.05) is 55.0 Å². The first-order valence-corrected chi connectivity index (χ1v) is 15.3. The molecule has 2 heterocycles. The molecular formula is C36H43NO4. The van der Waals surface area contributed by atoms with Gasteiger partial charge in [-0.2, -0.15) is 0 Å². The molecule has 5 nitrogen and oxygen atoms in total. The molecule has 2 aromatic carbocycles. The summed E-state index contributed by atoms with van der Waals surface area (Å²) in [5, 5.41) is 23.4. The highest BCUT2D eigenvalue weighted by Crippen LogP contribution is 2.59. The molecule has 1 fully saturated rings. The SMILES string of the molecule is CC1=CCCC2(C)C(CCC2(O)CN2CCc3ccccc3C2)c2ccc(cc2C(=O)c2ccco2)CC(O)CC1. The number of hydrogen-bond donors (Lipinski definition) is 2. The van der Waals surface area contributed by atoms with Crippen molar-refractivity contribution < 1.29 is 19.4 Å². The largest absolute Gasteiger partial charge is 0.461 e. The zero-order valence-corrected chi connectivity index (χ0v) is 24.4. The molecule has 41 heavy (non-hydrogen) atoms. The van der Waals surface area contributed by atoms with Crippen LogP contribution in [0.3, 0.4) is 0 Å². The third-order valence-electron chi connectivity index (χ3n) is 10.4. The highest BCUT2D eigenvalue weighted by atomic mass is 16.3. The van der Waals surface area contributed by atoms with Gasteiger partial charge in [0.2, 0.25) is 5.78 Å². The predicted octanol–water partition coefficient (Wildman–Crippen LogP) is 6.61. The third kappa shape index (κ3) is 5.48. The van der Waals surface area contributed by atoms with Crippen molar-refractivity contribution in [2.45, 2.75) is 89.4 Å². The van der Waals surface area contributed by atoms with Crippen LogP contribution in [-0.4, -0.2) is 45.7 Å². The molecule has 7 rings (SSSR count). The molecule has 4 atom stereocenters. The average Bonchev–Trinajstić information content (AvgIpc) is 3.58. The summed E-state index contributed by atoms with van der Waals surface area (Å²) < 4.78 is 5.55. The minimum absolute atomic E-state index is 0.0223. The summed E-state index contributed by atoms with van der Waals surface area (Å²) >= 11 is 0. The highest BCUT2D eigenvalue weighted by molar-refractivity contribution is 6.08. The van der Waals surface area contributed by atoms with Gasteiger partial charge in [0.15, 0.2) is 5.76 Å². The maximum absolute atomic E-state index is 13.8. The Morgan fingerprint density at radius 2 is 1.88 bits per heavy atom. The van der Waals surface area contributed by atoms with Gasteiger partial charge < -0.3 is 14.6 Å². The van der Waals surface area contributed by atoms with Gasteiger partial charge in [-0.15, -0.1) is 0 Å². The monoisotopic (exact) mass is 553 g/mol. The smallest absolute Gasteiger partial charge is 0.228 e. The van der Waals surface area contributed by atoms with Gasteiger partial charge in [-0.3, -0.25) is 9.69 Å². The number of ketones is 1. The third-order valence-corrected chi connectivity index (χ3v) is 10.4. The first-order valence-electron chi connectivity index (χ1n) is 15.3. The molecule has 2 N–H and O–H groups in total. The minimum Gasteiger partial charge on any atom is -0.461 e. The number of hydrogen-bond acceptors (Lipinski definition) is 5. The number of carbonyl (C=O) groups is 1. The molecule has 216 valence electrons. The van der Waals surface area contributed by atoms with Crippen molar-refractivity contribution in [1.29, 1.82) is 0 Å². The van der Waals surface area contributed by atoms with Gasteiger partial charge in [0.05, 0.1) is 18.0 Å². The Kier molecular flexibility index (Phi) is 7.80. The molecular weight excluding hydrogens is 510 g/mol. The molecule has 0 amide bonds. The van der Waals surface area contributed by atoms with Gasteiger partial charge in [-0.25, -0.2) is 0 Å². The van der Waals surface area contributed by atoms with E-state index in [-0.39, 0.29) is 11.7 Å². The molecule has 1 aliphatic heterocycles. The van der Waals surface area contributed by atoms with Gasteiger partial charge in [0.25, 0.3) is 0 Å². The van der Waals surface area contributed by atoms with Crippen LogP contribution in [0.1, 0.15) is 96.7 Å². The number of aliphatic hydroxyl groups excluding tert-OH is 1. The Labute approximate surface area is 243 Å². The Morgan fingerprint density at radius 1 is 1.05 bits per heavy atom. The summed E-state index contributed by atoms with van der Waals surface area (Å²) in [6, 6.07) is 18.3. The van der Waals surface area contributed by atoms with E-state index in [9.17, 15) is 15.0 Å².